The molecule has 1 rings (SSSR count). The van der Waals surface area contributed by atoms with E-state index in [-0.39, 0.29) is 5.91 Å². The van der Waals surface area contributed by atoms with Crippen molar-refractivity contribution in [2.24, 2.45) is 0 Å². The van der Waals surface area contributed by atoms with Crippen molar-refractivity contribution in [2.45, 2.75) is 26.7 Å². The molecule has 0 N–H and O–H groups in total. The Bertz CT molecular complexity index is 387. The van der Waals surface area contributed by atoms with E-state index in [1.807, 2.05) is 19.1 Å². The molecule has 0 saturated heterocycles. The summed E-state index contributed by atoms with van der Waals surface area (Å²) in [6.07, 6.45) is 2.04. The van der Waals surface area contributed by atoms with Gasteiger partial charge in [-0.05, 0) is 37.1 Å². The summed E-state index contributed by atoms with van der Waals surface area (Å²) in [6, 6.07) is 5.42. The predicted molar refractivity (Wildman–Crippen MR) is 77.7 cm³/mol. The van der Waals surface area contributed by atoms with E-state index in [9.17, 15) is 4.79 Å². The van der Waals surface area contributed by atoms with Crippen LogP contribution in [0.4, 0.5) is 0 Å². The second kappa shape index (κ2) is 7.65. The molecular formula is C14H19Cl2NO. The second-order valence-electron chi connectivity index (χ2n) is 4.35. The van der Waals surface area contributed by atoms with Crippen molar-refractivity contribution in [3.63, 3.8) is 0 Å². The van der Waals surface area contributed by atoms with Gasteiger partial charge in [0.25, 0.3) is 5.91 Å². The molecule has 0 aliphatic carbocycles. The van der Waals surface area contributed by atoms with Gasteiger partial charge in [-0.3, -0.25) is 4.79 Å². The fourth-order valence-corrected chi connectivity index (χ4v) is 2.30. The molecule has 1 aromatic carbocycles. The van der Waals surface area contributed by atoms with Gasteiger partial charge in [0, 0.05) is 29.6 Å². The molecule has 18 heavy (non-hydrogen) atoms. The molecule has 0 unspecified atom stereocenters. The molecule has 0 radical (unpaired) electrons. The van der Waals surface area contributed by atoms with E-state index >= 15 is 0 Å². The molecule has 100 valence electrons. The summed E-state index contributed by atoms with van der Waals surface area (Å²) in [5.41, 5.74) is 1.63. The minimum atomic E-state index is 0.00898. The molecule has 0 spiro atoms. The van der Waals surface area contributed by atoms with Crippen molar-refractivity contribution in [3.05, 3.63) is 34.3 Å². The third-order valence-electron chi connectivity index (χ3n) is 2.71. The third-order valence-corrected chi connectivity index (χ3v) is 3.10. The molecule has 0 saturated carbocycles. The van der Waals surface area contributed by atoms with Gasteiger partial charge in [-0.15, -0.1) is 11.6 Å². The van der Waals surface area contributed by atoms with Crippen molar-refractivity contribution in [3.8, 4) is 0 Å². The highest BCUT2D eigenvalue weighted by atomic mass is 35.5. The fourth-order valence-electron chi connectivity index (χ4n) is 1.81. The number of hydrogen-bond acceptors (Lipinski definition) is 1. The van der Waals surface area contributed by atoms with Crippen LogP contribution in [-0.2, 0) is 0 Å². The van der Waals surface area contributed by atoms with Crippen molar-refractivity contribution < 1.29 is 4.79 Å². The summed E-state index contributed by atoms with van der Waals surface area (Å²) < 4.78 is 0. The summed E-state index contributed by atoms with van der Waals surface area (Å²) in [5, 5.41) is 0.597. The van der Waals surface area contributed by atoms with Crippen LogP contribution >= 0.6 is 23.2 Å². The highest BCUT2D eigenvalue weighted by Crippen LogP contribution is 2.16. The quantitative estimate of drug-likeness (QED) is 0.721. The van der Waals surface area contributed by atoms with Gasteiger partial charge in [-0.1, -0.05) is 24.9 Å². The van der Waals surface area contributed by atoms with E-state index in [2.05, 4.69) is 6.92 Å². The van der Waals surface area contributed by atoms with Crippen molar-refractivity contribution in [1.29, 1.82) is 0 Å². The number of carbonyl (C=O) groups excluding carboxylic acids is 1. The standard InChI is InChI=1S/C14H19Cl2NO/c1-3-4-6-17(7-5-15)14(18)12-8-11(2)9-13(16)10-12/h8-10H,3-7H2,1-2H3. The molecular weight excluding hydrogens is 269 g/mol. The minimum Gasteiger partial charge on any atom is -0.337 e. The van der Waals surface area contributed by atoms with Crippen LogP contribution in [0.2, 0.25) is 5.02 Å². The number of alkyl halides is 1. The summed E-state index contributed by atoms with van der Waals surface area (Å²) in [6.45, 7) is 5.35. The molecule has 0 aliphatic rings. The number of benzene rings is 1. The van der Waals surface area contributed by atoms with E-state index in [4.69, 9.17) is 23.2 Å². The Balaban J connectivity index is 2.86. The summed E-state index contributed by atoms with van der Waals surface area (Å²) >= 11 is 11.7. The van der Waals surface area contributed by atoms with Crippen LogP contribution in [0.5, 0.6) is 0 Å². The zero-order valence-electron chi connectivity index (χ0n) is 10.9. The topological polar surface area (TPSA) is 20.3 Å². The first-order valence-corrected chi connectivity index (χ1v) is 7.12. The van der Waals surface area contributed by atoms with Gasteiger partial charge in [-0.2, -0.15) is 0 Å². The lowest BCUT2D eigenvalue weighted by Gasteiger charge is -2.21. The van der Waals surface area contributed by atoms with E-state index in [1.165, 1.54) is 0 Å². The Hall–Kier alpha value is -0.730. The third kappa shape index (κ3) is 4.51. The number of carbonyl (C=O) groups is 1. The summed E-state index contributed by atoms with van der Waals surface area (Å²) in [4.78, 5) is 14.1. The number of amides is 1. The molecule has 1 aromatic rings. The second-order valence-corrected chi connectivity index (χ2v) is 5.17. The number of nitrogens with zero attached hydrogens (tertiary/aromatic N) is 1. The smallest absolute Gasteiger partial charge is 0.253 e. The zero-order chi connectivity index (χ0) is 13.5. The van der Waals surface area contributed by atoms with Crippen LogP contribution in [0.25, 0.3) is 0 Å². The Morgan fingerprint density at radius 2 is 2.00 bits per heavy atom. The number of hydrogen-bond donors (Lipinski definition) is 0. The van der Waals surface area contributed by atoms with Gasteiger partial charge in [-0.25, -0.2) is 0 Å². The molecule has 0 heterocycles. The molecule has 0 aliphatic heterocycles. The largest absolute Gasteiger partial charge is 0.337 e. The number of aryl methyl sites for hydroxylation is 1. The monoisotopic (exact) mass is 287 g/mol. The van der Waals surface area contributed by atoms with Crippen LogP contribution in [0, 0.1) is 6.92 Å². The highest BCUT2D eigenvalue weighted by Gasteiger charge is 2.15. The van der Waals surface area contributed by atoms with Crippen LogP contribution in [0.1, 0.15) is 35.7 Å². The average Bonchev–Trinajstić information content (AvgIpc) is 2.32. The molecule has 2 nitrogen and oxygen atoms in total. The number of rotatable bonds is 6. The normalized spacial score (nSPS) is 10.4. The molecule has 0 fully saturated rings. The van der Waals surface area contributed by atoms with Crippen LogP contribution in [0.3, 0.4) is 0 Å². The molecule has 0 bridgehead atoms. The van der Waals surface area contributed by atoms with Gasteiger partial charge in [0.15, 0.2) is 0 Å². The number of halogens is 2. The lowest BCUT2D eigenvalue weighted by molar-refractivity contribution is 0.0763. The van der Waals surface area contributed by atoms with Crippen LogP contribution in [-0.4, -0.2) is 29.8 Å². The maximum Gasteiger partial charge on any atom is 0.253 e. The van der Waals surface area contributed by atoms with Crippen molar-refractivity contribution >= 4 is 29.1 Å². The molecule has 4 heteroatoms. The molecule has 0 aromatic heterocycles. The molecule has 1 amide bonds. The summed E-state index contributed by atoms with van der Waals surface area (Å²) in [7, 11) is 0. The first-order chi connectivity index (χ1) is 8.58. The van der Waals surface area contributed by atoms with Gasteiger partial charge in [0.2, 0.25) is 0 Å². The Morgan fingerprint density at radius 1 is 1.28 bits per heavy atom. The van der Waals surface area contributed by atoms with E-state index in [0.717, 1.165) is 24.9 Å². The van der Waals surface area contributed by atoms with Crippen molar-refractivity contribution in [1.82, 2.24) is 4.90 Å². The van der Waals surface area contributed by atoms with Gasteiger partial charge in [0.05, 0.1) is 0 Å². The average molecular weight is 288 g/mol. The maximum absolute atomic E-state index is 12.4. The Labute approximate surface area is 119 Å². The SMILES string of the molecule is CCCCN(CCCl)C(=O)c1cc(C)cc(Cl)c1. The first-order valence-electron chi connectivity index (χ1n) is 6.21. The lowest BCUT2D eigenvalue weighted by Crippen LogP contribution is -2.33. The van der Waals surface area contributed by atoms with Crippen molar-refractivity contribution in [2.75, 3.05) is 19.0 Å². The first kappa shape index (κ1) is 15.3. The lowest BCUT2D eigenvalue weighted by atomic mass is 10.1. The van der Waals surface area contributed by atoms with Gasteiger partial charge < -0.3 is 4.90 Å². The van der Waals surface area contributed by atoms with Crippen LogP contribution < -0.4 is 0 Å². The fraction of sp³-hybridized carbons (Fsp3) is 0.500. The van der Waals surface area contributed by atoms with E-state index < -0.39 is 0 Å². The minimum absolute atomic E-state index is 0.00898. The number of unbranched alkanes of at least 4 members (excludes halogenated alkanes) is 1. The van der Waals surface area contributed by atoms with Gasteiger partial charge in [0.1, 0.15) is 0 Å². The maximum atomic E-state index is 12.4. The summed E-state index contributed by atoms with van der Waals surface area (Å²) in [5.74, 6) is 0.462. The Kier molecular flexibility index (Phi) is 6.51. The highest BCUT2D eigenvalue weighted by molar-refractivity contribution is 6.31. The van der Waals surface area contributed by atoms with Crippen LogP contribution in [0.15, 0.2) is 18.2 Å². The Morgan fingerprint density at radius 3 is 2.56 bits per heavy atom. The molecule has 0 atom stereocenters. The predicted octanol–water partition coefficient (Wildman–Crippen LogP) is 4.13. The van der Waals surface area contributed by atoms with E-state index in [1.54, 1.807) is 11.0 Å². The van der Waals surface area contributed by atoms with Gasteiger partial charge >= 0.3 is 0 Å². The van der Waals surface area contributed by atoms with E-state index in [0.29, 0.717) is 23.0 Å². The zero-order valence-corrected chi connectivity index (χ0v) is 12.4.